The van der Waals surface area contributed by atoms with Gasteiger partial charge in [0.1, 0.15) is 5.75 Å². The van der Waals surface area contributed by atoms with Gasteiger partial charge in [-0.1, -0.05) is 46.6 Å². The Morgan fingerprint density at radius 2 is 2.05 bits per heavy atom. The zero-order chi connectivity index (χ0) is 14.8. The van der Waals surface area contributed by atoms with Crippen molar-refractivity contribution in [2.75, 3.05) is 0 Å². The van der Waals surface area contributed by atoms with E-state index in [0.717, 1.165) is 5.56 Å². The van der Waals surface area contributed by atoms with Crippen molar-refractivity contribution in [3.63, 3.8) is 0 Å². The number of phenols is 1. The molecular formula is C16H13ClN2O2. The van der Waals surface area contributed by atoms with Crippen molar-refractivity contribution in [3.8, 4) is 17.2 Å². The summed E-state index contributed by atoms with van der Waals surface area (Å²) in [6.45, 7) is 2.04. The standard InChI is InChI=1S/C16H13ClN2O2/c1-10-3-2-4-11(7-10)8-15-18-16(21-19-15)13-9-12(17)5-6-14(13)20/h2-7,9,20H,8H2,1H3. The summed E-state index contributed by atoms with van der Waals surface area (Å²) in [5.74, 6) is 0.887. The molecule has 4 nitrogen and oxygen atoms in total. The van der Waals surface area contributed by atoms with E-state index in [1.165, 1.54) is 11.6 Å². The Morgan fingerprint density at radius 1 is 1.19 bits per heavy atom. The predicted molar refractivity (Wildman–Crippen MR) is 80.4 cm³/mol. The maximum Gasteiger partial charge on any atom is 0.261 e. The molecule has 1 N–H and O–H groups in total. The fourth-order valence-corrected chi connectivity index (χ4v) is 2.29. The van der Waals surface area contributed by atoms with Crippen LogP contribution in [-0.2, 0) is 6.42 Å². The van der Waals surface area contributed by atoms with Gasteiger partial charge < -0.3 is 9.63 Å². The summed E-state index contributed by atoms with van der Waals surface area (Å²) in [6, 6.07) is 12.8. The van der Waals surface area contributed by atoms with Gasteiger partial charge in [-0.15, -0.1) is 0 Å². The molecule has 0 aliphatic rings. The fraction of sp³-hybridized carbons (Fsp3) is 0.125. The van der Waals surface area contributed by atoms with Gasteiger partial charge in [-0.2, -0.15) is 4.98 Å². The second kappa shape index (κ2) is 5.58. The highest BCUT2D eigenvalue weighted by Gasteiger charge is 2.13. The zero-order valence-electron chi connectivity index (χ0n) is 11.4. The second-order valence-corrected chi connectivity index (χ2v) is 5.28. The van der Waals surface area contributed by atoms with Crippen LogP contribution in [0.5, 0.6) is 5.75 Å². The van der Waals surface area contributed by atoms with Crippen LogP contribution in [0.4, 0.5) is 0 Å². The number of aryl methyl sites for hydroxylation is 1. The molecule has 5 heteroatoms. The maximum atomic E-state index is 9.84. The number of halogens is 1. The van der Waals surface area contributed by atoms with Crippen molar-refractivity contribution < 1.29 is 9.63 Å². The highest BCUT2D eigenvalue weighted by Crippen LogP contribution is 2.30. The van der Waals surface area contributed by atoms with Crippen molar-refractivity contribution >= 4 is 11.6 Å². The lowest BCUT2D eigenvalue weighted by Gasteiger charge is -1.99. The van der Waals surface area contributed by atoms with Crippen LogP contribution in [0.1, 0.15) is 17.0 Å². The minimum Gasteiger partial charge on any atom is -0.507 e. The van der Waals surface area contributed by atoms with Crippen molar-refractivity contribution in [3.05, 3.63) is 64.4 Å². The molecule has 1 heterocycles. The molecule has 0 saturated heterocycles. The monoisotopic (exact) mass is 300 g/mol. The first kappa shape index (κ1) is 13.6. The number of aromatic hydroxyl groups is 1. The summed E-state index contributed by atoms with van der Waals surface area (Å²) < 4.78 is 5.21. The van der Waals surface area contributed by atoms with Gasteiger partial charge in [0.15, 0.2) is 5.82 Å². The van der Waals surface area contributed by atoms with Crippen LogP contribution >= 0.6 is 11.6 Å². The fourth-order valence-electron chi connectivity index (χ4n) is 2.12. The Balaban J connectivity index is 1.88. The lowest BCUT2D eigenvalue weighted by atomic mass is 10.1. The zero-order valence-corrected chi connectivity index (χ0v) is 12.1. The van der Waals surface area contributed by atoms with Crippen molar-refractivity contribution in [2.24, 2.45) is 0 Å². The summed E-state index contributed by atoms with van der Waals surface area (Å²) in [5, 5.41) is 14.3. The first-order valence-corrected chi connectivity index (χ1v) is 6.86. The Morgan fingerprint density at radius 3 is 2.86 bits per heavy atom. The summed E-state index contributed by atoms with van der Waals surface area (Å²) in [5.41, 5.74) is 2.73. The third kappa shape index (κ3) is 3.06. The molecule has 21 heavy (non-hydrogen) atoms. The summed E-state index contributed by atoms with van der Waals surface area (Å²) in [6.07, 6.45) is 0.576. The first-order chi connectivity index (χ1) is 10.1. The van der Waals surface area contributed by atoms with Crippen LogP contribution in [0.25, 0.3) is 11.5 Å². The van der Waals surface area contributed by atoms with Gasteiger partial charge >= 0.3 is 0 Å². The highest BCUT2D eigenvalue weighted by molar-refractivity contribution is 6.30. The Labute approximate surface area is 127 Å². The Bertz CT molecular complexity index is 783. The first-order valence-electron chi connectivity index (χ1n) is 6.49. The number of hydrogen-bond acceptors (Lipinski definition) is 4. The molecular weight excluding hydrogens is 288 g/mol. The van der Waals surface area contributed by atoms with Gasteiger partial charge in [0.05, 0.1) is 5.56 Å². The van der Waals surface area contributed by atoms with Crippen LogP contribution in [0.15, 0.2) is 47.0 Å². The molecule has 0 unspecified atom stereocenters. The lowest BCUT2D eigenvalue weighted by Crippen LogP contribution is -1.91. The number of nitrogens with zero attached hydrogens (tertiary/aromatic N) is 2. The van der Waals surface area contributed by atoms with E-state index in [1.54, 1.807) is 12.1 Å². The van der Waals surface area contributed by atoms with Gasteiger partial charge in [-0.25, -0.2) is 0 Å². The molecule has 0 atom stereocenters. The normalized spacial score (nSPS) is 10.8. The molecule has 0 aliphatic heterocycles. The number of phenolic OH excluding ortho intramolecular Hbond substituents is 1. The van der Waals surface area contributed by atoms with Crippen molar-refractivity contribution in [1.82, 2.24) is 10.1 Å². The van der Waals surface area contributed by atoms with Crippen LogP contribution in [0.3, 0.4) is 0 Å². The molecule has 0 aliphatic carbocycles. The molecule has 0 amide bonds. The summed E-state index contributed by atoms with van der Waals surface area (Å²) >= 11 is 5.92. The SMILES string of the molecule is Cc1cccc(Cc2noc(-c3cc(Cl)ccc3O)n2)c1. The van der Waals surface area contributed by atoms with Gasteiger partial charge in [0.25, 0.3) is 5.89 Å². The number of aromatic nitrogens is 2. The average molecular weight is 301 g/mol. The van der Waals surface area contributed by atoms with E-state index in [-0.39, 0.29) is 11.6 Å². The van der Waals surface area contributed by atoms with Gasteiger partial charge in [-0.05, 0) is 30.7 Å². The Hall–Kier alpha value is -2.33. The third-order valence-corrected chi connectivity index (χ3v) is 3.34. The lowest BCUT2D eigenvalue weighted by molar-refractivity contribution is 0.418. The van der Waals surface area contributed by atoms with E-state index in [9.17, 15) is 5.11 Å². The van der Waals surface area contributed by atoms with E-state index < -0.39 is 0 Å². The molecule has 3 aromatic rings. The highest BCUT2D eigenvalue weighted by atomic mass is 35.5. The van der Waals surface area contributed by atoms with Crippen LogP contribution in [-0.4, -0.2) is 15.2 Å². The van der Waals surface area contributed by atoms with Crippen molar-refractivity contribution in [2.45, 2.75) is 13.3 Å². The molecule has 106 valence electrons. The van der Waals surface area contributed by atoms with E-state index in [0.29, 0.717) is 22.8 Å². The van der Waals surface area contributed by atoms with Crippen molar-refractivity contribution in [1.29, 1.82) is 0 Å². The molecule has 0 saturated carbocycles. The van der Waals surface area contributed by atoms with Crippen LogP contribution in [0, 0.1) is 6.92 Å². The van der Waals surface area contributed by atoms with Crippen LogP contribution in [0.2, 0.25) is 5.02 Å². The average Bonchev–Trinajstić information content (AvgIpc) is 2.90. The molecule has 0 spiro atoms. The summed E-state index contributed by atoms with van der Waals surface area (Å²) in [7, 11) is 0. The third-order valence-electron chi connectivity index (χ3n) is 3.10. The summed E-state index contributed by atoms with van der Waals surface area (Å²) in [4.78, 5) is 4.31. The second-order valence-electron chi connectivity index (χ2n) is 4.84. The topological polar surface area (TPSA) is 59.2 Å². The minimum absolute atomic E-state index is 0.0603. The molecule has 0 radical (unpaired) electrons. The number of rotatable bonds is 3. The Kier molecular flexibility index (Phi) is 3.62. The van der Waals surface area contributed by atoms with E-state index in [1.807, 2.05) is 25.1 Å². The van der Waals surface area contributed by atoms with E-state index in [2.05, 4.69) is 16.2 Å². The van der Waals surface area contributed by atoms with Gasteiger partial charge in [0, 0.05) is 11.4 Å². The van der Waals surface area contributed by atoms with Crippen LogP contribution < -0.4 is 0 Å². The van der Waals surface area contributed by atoms with Gasteiger partial charge in [0.2, 0.25) is 0 Å². The van der Waals surface area contributed by atoms with E-state index >= 15 is 0 Å². The van der Waals surface area contributed by atoms with Gasteiger partial charge in [-0.3, -0.25) is 0 Å². The molecule has 3 rings (SSSR count). The molecule has 2 aromatic carbocycles. The van der Waals surface area contributed by atoms with E-state index in [4.69, 9.17) is 16.1 Å². The quantitative estimate of drug-likeness (QED) is 0.794. The molecule has 1 aromatic heterocycles. The largest absolute Gasteiger partial charge is 0.507 e. The number of benzene rings is 2. The smallest absolute Gasteiger partial charge is 0.261 e. The predicted octanol–water partition coefficient (Wildman–Crippen LogP) is 3.99. The molecule has 0 bridgehead atoms. The maximum absolute atomic E-state index is 9.84. The minimum atomic E-state index is 0.0603. The molecule has 0 fully saturated rings. The number of hydrogen-bond donors (Lipinski definition) is 1.